The van der Waals surface area contributed by atoms with E-state index in [9.17, 15) is 22.8 Å². The predicted molar refractivity (Wildman–Crippen MR) is 121 cm³/mol. The zero-order valence-corrected chi connectivity index (χ0v) is 18.1. The number of hydrogen-bond donors (Lipinski definition) is 3. The van der Waals surface area contributed by atoms with Crippen molar-refractivity contribution in [2.24, 2.45) is 0 Å². The minimum Gasteiger partial charge on any atom is -0.462 e. The Morgan fingerprint density at radius 3 is 2.54 bits per heavy atom. The van der Waals surface area contributed by atoms with Crippen LogP contribution in [0.2, 0.25) is 0 Å². The highest BCUT2D eigenvalue weighted by molar-refractivity contribution is 6.05. The maximum atomic E-state index is 12.8. The molecular weight excluding hydrogens is 467 g/mol. The number of nitrogens with one attached hydrogen (secondary N) is 2. The maximum absolute atomic E-state index is 12.8. The number of hydrogen-bond acceptors (Lipinski definition) is 7. The average Bonchev–Trinajstić information content (AvgIpc) is 3.20. The van der Waals surface area contributed by atoms with Crippen LogP contribution in [0.5, 0.6) is 0 Å². The van der Waals surface area contributed by atoms with Crippen LogP contribution in [0.4, 0.5) is 35.3 Å². The van der Waals surface area contributed by atoms with Gasteiger partial charge in [0.15, 0.2) is 5.82 Å². The van der Waals surface area contributed by atoms with Gasteiger partial charge in [-0.1, -0.05) is 12.1 Å². The number of carbonyl (C=O) groups excluding carboxylic acids is 2. The summed E-state index contributed by atoms with van der Waals surface area (Å²) in [7, 11) is 0. The Balaban J connectivity index is 1.57. The molecule has 2 amide bonds. The van der Waals surface area contributed by atoms with E-state index in [1.807, 2.05) is 0 Å². The van der Waals surface area contributed by atoms with Crippen molar-refractivity contribution >= 4 is 34.8 Å². The molecule has 0 spiro atoms. The van der Waals surface area contributed by atoms with Gasteiger partial charge in [0.05, 0.1) is 17.7 Å². The van der Waals surface area contributed by atoms with Crippen molar-refractivity contribution in [2.75, 3.05) is 23.0 Å². The van der Waals surface area contributed by atoms with Gasteiger partial charge < -0.3 is 15.8 Å². The van der Waals surface area contributed by atoms with Crippen molar-refractivity contribution in [1.82, 2.24) is 19.6 Å². The lowest BCUT2D eigenvalue weighted by molar-refractivity contribution is -0.137. The number of benzene rings is 1. The number of halogens is 3. The zero-order chi connectivity index (χ0) is 25.2. The topological polar surface area (TPSA) is 137 Å². The summed E-state index contributed by atoms with van der Waals surface area (Å²) in [5.41, 5.74) is 7.08. The standard InChI is InChI=1S/C22H18F3N7O3/c1-2-35-20(33)15-10-32-18(19(26)28-11-29-32)17(15)12-3-5-14(6-4-12)30-21(34)31-16-9-13(7-8-27-16)22(23,24)25/h3-11H,2H2,1H3,(H2,26,28,29)(H2,27,30,31,34). The molecule has 0 atom stereocenters. The Hall–Kier alpha value is -4.68. The van der Waals surface area contributed by atoms with E-state index < -0.39 is 23.7 Å². The minimum atomic E-state index is -4.56. The highest BCUT2D eigenvalue weighted by Crippen LogP contribution is 2.34. The highest BCUT2D eigenvalue weighted by Gasteiger charge is 2.31. The number of amides is 2. The molecule has 0 saturated heterocycles. The Morgan fingerprint density at radius 1 is 1.11 bits per heavy atom. The first-order chi connectivity index (χ1) is 16.7. The molecule has 4 N–H and O–H groups in total. The Labute approximate surface area is 195 Å². The van der Waals surface area contributed by atoms with Gasteiger partial charge in [0.25, 0.3) is 0 Å². The number of pyridine rings is 1. The number of nitrogens with zero attached hydrogens (tertiary/aromatic N) is 4. The van der Waals surface area contributed by atoms with Crippen molar-refractivity contribution in [3.05, 3.63) is 66.2 Å². The normalized spacial score (nSPS) is 11.3. The van der Waals surface area contributed by atoms with Crippen molar-refractivity contribution in [1.29, 1.82) is 0 Å². The second kappa shape index (κ2) is 9.29. The number of carbonyl (C=O) groups is 2. The predicted octanol–water partition coefficient (Wildman–Crippen LogP) is 4.21. The number of aromatic nitrogens is 4. The van der Waals surface area contributed by atoms with Crippen LogP contribution in [-0.4, -0.2) is 38.2 Å². The van der Waals surface area contributed by atoms with Crippen molar-refractivity contribution in [3.63, 3.8) is 0 Å². The maximum Gasteiger partial charge on any atom is 0.416 e. The molecule has 0 unspecified atom stereocenters. The summed E-state index contributed by atoms with van der Waals surface area (Å²) in [5.74, 6) is -0.674. The van der Waals surface area contributed by atoms with Crippen molar-refractivity contribution in [3.8, 4) is 11.1 Å². The largest absolute Gasteiger partial charge is 0.462 e. The Bertz CT molecular complexity index is 1400. The molecule has 0 fully saturated rings. The molecule has 0 aliphatic carbocycles. The fourth-order valence-corrected chi connectivity index (χ4v) is 3.36. The molecular formula is C22H18F3N7O3. The second-order valence-corrected chi connectivity index (χ2v) is 7.16. The lowest BCUT2D eigenvalue weighted by Gasteiger charge is -2.11. The van der Waals surface area contributed by atoms with E-state index in [2.05, 4.69) is 25.7 Å². The van der Waals surface area contributed by atoms with E-state index in [4.69, 9.17) is 10.5 Å². The third-order valence-corrected chi connectivity index (χ3v) is 4.86. The summed E-state index contributed by atoms with van der Waals surface area (Å²) >= 11 is 0. The van der Waals surface area contributed by atoms with Gasteiger partial charge in [-0.05, 0) is 36.8 Å². The molecule has 10 nitrogen and oxygen atoms in total. The molecule has 35 heavy (non-hydrogen) atoms. The summed E-state index contributed by atoms with van der Waals surface area (Å²) in [6, 6.07) is 7.09. The molecule has 0 aliphatic heterocycles. The van der Waals surface area contributed by atoms with Crippen LogP contribution in [0.25, 0.3) is 16.6 Å². The lowest BCUT2D eigenvalue weighted by atomic mass is 10.0. The van der Waals surface area contributed by atoms with Crippen LogP contribution < -0.4 is 16.4 Å². The molecule has 0 aliphatic rings. The van der Waals surface area contributed by atoms with Crippen molar-refractivity contribution in [2.45, 2.75) is 13.1 Å². The van der Waals surface area contributed by atoms with Gasteiger partial charge in [0, 0.05) is 23.6 Å². The number of esters is 1. The number of rotatable bonds is 5. The van der Waals surface area contributed by atoms with Crippen LogP contribution in [0, 0.1) is 0 Å². The van der Waals surface area contributed by atoms with Crippen molar-refractivity contribution < 1.29 is 27.5 Å². The van der Waals surface area contributed by atoms with E-state index in [-0.39, 0.29) is 23.8 Å². The first kappa shape index (κ1) is 23.5. The van der Waals surface area contributed by atoms with Gasteiger partial charge in [-0.2, -0.15) is 18.3 Å². The molecule has 3 aromatic heterocycles. The van der Waals surface area contributed by atoms with Gasteiger partial charge >= 0.3 is 18.2 Å². The van der Waals surface area contributed by atoms with Crippen LogP contribution in [0.3, 0.4) is 0 Å². The number of nitrogens with two attached hydrogens (primary N) is 1. The van der Waals surface area contributed by atoms with Crippen LogP contribution in [-0.2, 0) is 10.9 Å². The molecule has 0 bridgehead atoms. The average molecular weight is 485 g/mol. The molecule has 180 valence electrons. The van der Waals surface area contributed by atoms with Gasteiger partial charge in [-0.25, -0.2) is 24.1 Å². The number of ether oxygens (including phenoxy) is 1. The summed E-state index contributed by atoms with van der Waals surface area (Å²) < 4.78 is 45.1. The molecule has 4 aromatic rings. The van der Waals surface area contributed by atoms with Gasteiger partial charge in [0.1, 0.15) is 17.7 Å². The van der Waals surface area contributed by atoms with Gasteiger partial charge in [-0.15, -0.1) is 0 Å². The van der Waals surface area contributed by atoms with Gasteiger partial charge in [-0.3, -0.25) is 5.32 Å². The SMILES string of the molecule is CCOC(=O)c1cn2ncnc(N)c2c1-c1ccc(NC(=O)Nc2cc(C(F)(F)F)ccn2)cc1. The molecule has 13 heteroatoms. The lowest BCUT2D eigenvalue weighted by Crippen LogP contribution is -2.20. The number of alkyl halides is 3. The minimum absolute atomic E-state index is 0.153. The molecule has 1 aromatic carbocycles. The molecule has 3 heterocycles. The monoisotopic (exact) mass is 485 g/mol. The third-order valence-electron chi connectivity index (χ3n) is 4.86. The Morgan fingerprint density at radius 2 is 1.86 bits per heavy atom. The summed E-state index contributed by atoms with van der Waals surface area (Å²) in [6.07, 6.45) is -0.869. The number of urea groups is 1. The van der Waals surface area contributed by atoms with Crippen LogP contribution >= 0.6 is 0 Å². The fraction of sp³-hybridized carbons (Fsp3) is 0.136. The van der Waals surface area contributed by atoms with Gasteiger partial charge in [0.2, 0.25) is 0 Å². The van der Waals surface area contributed by atoms with E-state index in [0.29, 0.717) is 22.3 Å². The number of fused-ring (bicyclic) bond motifs is 1. The molecule has 0 radical (unpaired) electrons. The second-order valence-electron chi connectivity index (χ2n) is 7.16. The van der Waals surface area contributed by atoms with E-state index in [1.54, 1.807) is 31.2 Å². The number of anilines is 3. The highest BCUT2D eigenvalue weighted by atomic mass is 19.4. The summed E-state index contributed by atoms with van der Waals surface area (Å²) in [5, 5.41) is 8.85. The first-order valence-corrected chi connectivity index (χ1v) is 10.2. The third kappa shape index (κ3) is 4.98. The Kier molecular flexibility index (Phi) is 6.23. The molecule has 4 rings (SSSR count). The molecule has 0 saturated carbocycles. The fourth-order valence-electron chi connectivity index (χ4n) is 3.36. The van der Waals surface area contributed by atoms with E-state index in [1.165, 1.54) is 17.0 Å². The van der Waals surface area contributed by atoms with E-state index in [0.717, 1.165) is 18.3 Å². The van der Waals surface area contributed by atoms with Crippen LogP contribution in [0.15, 0.2) is 55.1 Å². The smallest absolute Gasteiger partial charge is 0.416 e. The van der Waals surface area contributed by atoms with E-state index >= 15 is 0 Å². The number of nitrogen functional groups attached to an aromatic ring is 1. The first-order valence-electron chi connectivity index (χ1n) is 10.2. The quantitative estimate of drug-likeness (QED) is 0.360. The summed E-state index contributed by atoms with van der Waals surface area (Å²) in [6.45, 7) is 1.85. The zero-order valence-electron chi connectivity index (χ0n) is 18.1. The van der Waals surface area contributed by atoms with Crippen LogP contribution in [0.1, 0.15) is 22.8 Å². The summed E-state index contributed by atoms with van der Waals surface area (Å²) in [4.78, 5) is 32.5.